The Morgan fingerprint density at radius 2 is 0.852 bits per heavy atom. The van der Waals surface area contributed by atoms with Gasteiger partial charge in [0, 0.05) is 26.8 Å². The average Bonchev–Trinajstić information content (AvgIpc) is 2.51. The fraction of sp³-hybridized carbons (Fsp3) is 0.381. The maximum absolute atomic E-state index is 3.76. The molecule has 0 bridgehead atoms. The van der Waals surface area contributed by atoms with Gasteiger partial charge in [0.1, 0.15) is 0 Å². The summed E-state index contributed by atoms with van der Waals surface area (Å²) in [5.74, 6) is 0. The first-order valence-corrected chi connectivity index (χ1v) is 13.0. The van der Waals surface area contributed by atoms with Gasteiger partial charge >= 0.3 is 0 Å². The van der Waals surface area contributed by atoms with Crippen molar-refractivity contribution in [2.75, 3.05) is 0 Å². The lowest BCUT2D eigenvalue weighted by Gasteiger charge is -2.25. The Morgan fingerprint density at radius 1 is 0.556 bits per heavy atom. The Labute approximate surface area is 213 Å². The zero-order chi connectivity index (χ0) is 20.9. The molecular formula is C21H20Br6. The fourth-order valence-corrected chi connectivity index (χ4v) is 7.09. The Kier molecular flexibility index (Phi) is 8.03. The molecule has 0 atom stereocenters. The van der Waals surface area contributed by atoms with Crippen molar-refractivity contribution < 1.29 is 0 Å². The van der Waals surface area contributed by atoms with Gasteiger partial charge in [-0.2, -0.15) is 0 Å². The third-order valence-corrected chi connectivity index (χ3v) is 9.73. The second-order valence-electron chi connectivity index (χ2n) is 8.44. The molecule has 0 saturated carbocycles. The first-order valence-electron chi connectivity index (χ1n) is 8.29. The van der Waals surface area contributed by atoms with Gasteiger partial charge in [0.15, 0.2) is 0 Å². The summed E-state index contributed by atoms with van der Waals surface area (Å²) >= 11 is 22.5. The molecule has 0 spiro atoms. The maximum atomic E-state index is 3.76. The molecule has 146 valence electrons. The van der Waals surface area contributed by atoms with E-state index in [0.717, 1.165) is 38.0 Å². The molecule has 0 nitrogen and oxygen atoms in total. The normalized spacial score (nSPS) is 12.6. The fourth-order valence-electron chi connectivity index (χ4n) is 2.64. The van der Waals surface area contributed by atoms with E-state index in [9.17, 15) is 0 Å². The predicted octanol–water partition coefficient (Wildman–Crippen LogP) is 10.3. The highest BCUT2D eigenvalue weighted by Crippen LogP contribution is 2.46. The topological polar surface area (TPSA) is 0 Å². The molecule has 2 radical (unpaired) electrons. The predicted molar refractivity (Wildman–Crippen MR) is 138 cm³/mol. The van der Waals surface area contributed by atoms with Crippen molar-refractivity contribution >= 4 is 95.6 Å². The van der Waals surface area contributed by atoms with Crippen LogP contribution in [0.4, 0.5) is 0 Å². The molecule has 0 unspecified atom stereocenters. The van der Waals surface area contributed by atoms with E-state index in [1.807, 2.05) is 0 Å². The summed E-state index contributed by atoms with van der Waals surface area (Å²) < 4.78 is 6.07. The highest BCUT2D eigenvalue weighted by molar-refractivity contribution is 9.13. The number of halogens is 6. The van der Waals surface area contributed by atoms with Gasteiger partial charge < -0.3 is 0 Å². The second kappa shape index (κ2) is 8.82. The van der Waals surface area contributed by atoms with E-state index >= 15 is 0 Å². The number of hydrogen-bond acceptors (Lipinski definition) is 0. The SMILES string of the molecule is CC(C)(C)c1cc(Br)c([C]c2c(Br)cc(C(C)(C)C)c(Br)c2Br)c(Br)c1Br. The van der Waals surface area contributed by atoms with Gasteiger partial charge in [0.05, 0.1) is 6.42 Å². The van der Waals surface area contributed by atoms with E-state index in [1.54, 1.807) is 0 Å². The molecule has 0 aliphatic rings. The molecular weight excluding hydrogens is 732 g/mol. The minimum absolute atomic E-state index is 0.0287. The summed E-state index contributed by atoms with van der Waals surface area (Å²) in [6.45, 7) is 13.2. The smallest absolute Gasteiger partial charge is 0.0550 e. The zero-order valence-corrected chi connectivity index (χ0v) is 25.4. The van der Waals surface area contributed by atoms with E-state index in [0.29, 0.717) is 0 Å². The molecule has 0 fully saturated rings. The van der Waals surface area contributed by atoms with Crippen LogP contribution in [0.15, 0.2) is 39.0 Å². The lowest BCUT2D eigenvalue weighted by atomic mass is 9.85. The summed E-state index contributed by atoms with van der Waals surface area (Å²) in [7, 11) is 0. The molecule has 0 aliphatic carbocycles. The lowest BCUT2D eigenvalue weighted by molar-refractivity contribution is 0.586. The van der Waals surface area contributed by atoms with Crippen LogP contribution in [0.2, 0.25) is 0 Å². The molecule has 0 saturated heterocycles. The molecule has 2 rings (SSSR count). The monoisotopic (exact) mass is 746 g/mol. The molecule has 0 aromatic heterocycles. The molecule has 0 aliphatic heterocycles. The van der Waals surface area contributed by atoms with Crippen LogP contribution in [0.25, 0.3) is 0 Å². The number of rotatable bonds is 2. The molecule has 6 heteroatoms. The van der Waals surface area contributed by atoms with Crippen molar-refractivity contribution in [3.05, 3.63) is 67.6 Å². The third-order valence-electron chi connectivity index (χ3n) is 4.18. The first kappa shape index (κ1) is 24.6. The van der Waals surface area contributed by atoms with Gasteiger partial charge in [-0.05, 0) is 109 Å². The second-order valence-corrected chi connectivity index (χ2v) is 13.3. The number of benzene rings is 2. The Balaban J connectivity index is 2.62. The molecule has 2 aromatic carbocycles. The van der Waals surface area contributed by atoms with E-state index in [-0.39, 0.29) is 10.8 Å². The zero-order valence-electron chi connectivity index (χ0n) is 15.9. The van der Waals surface area contributed by atoms with Crippen molar-refractivity contribution in [1.29, 1.82) is 0 Å². The van der Waals surface area contributed by atoms with Crippen LogP contribution in [-0.4, -0.2) is 0 Å². The van der Waals surface area contributed by atoms with Crippen LogP contribution in [0, 0.1) is 6.42 Å². The standard InChI is InChI=1S/C21H20Br6/c1-20(2,3)12-8-14(22)10(16(24)18(12)26)7-11-15(23)9-13(21(4,5)6)19(27)17(11)25/h8-9H,1-6H3. The third kappa shape index (κ3) is 5.33. The summed E-state index contributed by atoms with van der Waals surface area (Å²) in [5.41, 5.74) is 4.45. The minimum atomic E-state index is 0.0287. The van der Waals surface area contributed by atoms with Gasteiger partial charge in [0.2, 0.25) is 0 Å². The highest BCUT2D eigenvalue weighted by atomic mass is 79.9. The minimum Gasteiger partial charge on any atom is -0.0560 e. The van der Waals surface area contributed by atoms with Crippen LogP contribution in [-0.2, 0) is 10.8 Å². The molecule has 2 aromatic rings. The summed E-state index contributed by atoms with van der Waals surface area (Å²) in [6, 6.07) is 4.33. The summed E-state index contributed by atoms with van der Waals surface area (Å²) in [5, 5.41) is 0. The van der Waals surface area contributed by atoms with Crippen LogP contribution in [0.1, 0.15) is 63.8 Å². The van der Waals surface area contributed by atoms with E-state index < -0.39 is 0 Å². The quantitative estimate of drug-likeness (QED) is 0.268. The largest absolute Gasteiger partial charge is 0.0560 e. The Morgan fingerprint density at radius 3 is 1.11 bits per heavy atom. The van der Waals surface area contributed by atoms with Crippen molar-refractivity contribution in [2.45, 2.75) is 52.4 Å². The highest BCUT2D eigenvalue weighted by Gasteiger charge is 2.26. The van der Waals surface area contributed by atoms with Crippen LogP contribution in [0.3, 0.4) is 0 Å². The van der Waals surface area contributed by atoms with Gasteiger partial charge in [-0.15, -0.1) is 0 Å². The molecule has 27 heavy (non-hydrogen) atoms. The van der Waals surface area contributed by atoms with Crippen molar-refractivity contribution in [3.8, 4) is 0 Å². The molecule has 0 amide bonds. The van der Waals surface area contributed by atoms with Crippen molar-refractivity contribution in [1.82, 2.24) is 0 Å². The van der Waals surface area contributed by atoms with Gasteiger partial charge in [-0.25, -0.2) is 0 Å². The van der Waals surface area contributed by atoms with Crippen molar-refractivity contribution in [3.63, 3.8) is 0 Å². The van der Waals surface area contributed by atoms with Crippen LogP contribution in [0.5, 0.6) is 0 Å². The van der Waals surface area contributed by atoms with Gasteiger partial charge in [-0.1, -0.05) is 73.4 Å². The summed E-state index contributed by atoms with van der Waals surface area (Å²) in [4.78, 5) is 0. The van der Waals surface area contributed by atoms with Crippen LogP contribution >= 0.6 is 95.6 Å². The van der Waals surface area contributed by atoms with Crippen molar-refractivity contribution in [2.24, 2.45) is 0 Å². The first-order chi connectivity index (χ1) is 12.2. The van der Waals surface area contributed by atoms with Gasteiger partial charge in [0.25, 0.3) is 0 Å². The lowest BCUT2D eigenvalue weighted by Crippen LogP contribution is -2.14. The van der Waals surface area contributed by atoms with E-state index in [1.165, 1.54) is 11.1 Å². The Bertz CT molecular complexity index is 812. The van der Waals surface area contributed by atoms with E-state index in [4.69, 9.17) is 0 Å². The summed E-state index contributed by atoms with van der Waals surface area (Å²) in [6.07, 6.45) is 3.57. The molecule has 0 heterocycles. The number of hydrogen-bond donors (Lipinski definition) is 0. The van der Waals surface area contributed by atoms with Gasteiger partial charge in [-0.3, -0.25) is 0 Å². The average molecular weight is 752 g/mol. The van der Waals surface area contributed by atoms with E-state index in [2.05, 4.69) is 156 Å². The van der Waals surface area contributed by atoms with Crippen LogP contribution < -0.4 is 0 Å². The maximum Gasteiger partial charge on any atom is 0.0550 e. The Hall–Kier alpha value is 1.32. The molecule has 0 N–H and O–H groups in total.